The fourth-order valence-electron chi connectivity index (χ4n) is 2.43. The minimum Gasteiger partial charge on any atom is -0.472 e. The molecule has 3 aromatic rings. The molecule has 0 aliphatic rings. The first kappa shape index (κ1) is 15.0. The van der Waals surface area contributed by atoms with Gasteiger partial charge in [-0.05, 0) is 22.1 Å². The van der Waals surface area contributed by atoms with Gasteiger partial charge in [-0.15, -0.1) is 5.10 Å². The first-order valence-electron chi connectivity index (χ1n) is 7.26. The lowest BCUT2D eigenvalue weighted by atomic mass is 10.0. The van der Waals surface area contributed by atoms with Crippen LogP contribution in [0.5, 0.6) is 0 Å². The summed E-state index contributed by atoms with van der Waals surface area (Å²) in [5, 5.41) is 11.2. The van der Waals surface area contributed by atoms with E-state index in [2.05, 4.69) is 15.5 Å². The first-order chi connectivity index (χ1) is 11.2. The Morgan fingerprint density at radius 2 is 2.09 bits per heavy atom. The van der Waals surface area contributed by atoms with E-state index in [9.17, 15) is 4.79 Å². The monoisotopic (exact) mass is 311 g/mol. The van der Waals surface area contributed by atoms with Gasteiger partial charge in [0.25, 0.3) is 0 Å². The standard InChI is InChI=1S/C16H17N5O2/c1-20(10-14-7-8-23-11-14)16(22)15(21-12-17-18-19-21)9-13-5-3-2-4-6-13/h2-8,11-12,15H,9-10H2,1H3. The van der Waals surface area contributed by atoms with Gasteiger partial charge < -0.3 is 9.32 Å². The molecule has 0 spiro atoms. The zero-order chi connectivity index (χ0) is 16.1. The largest absolute Gasteiger partial charge is 0.472 e. The molecule has 0 fully saturated rings. The van der Waals surface area contributed by atoms with Crippen LogP contribution in [-0.4, -0.2) is 38.1 Å². The van der Waals surface area contributed by atoms with Gasteiger partial charge in [-0.2, -0.15) is 0 Å². The van der Waals surface area contributed by atoms with Gasteiger partial charge in [0.1, 0.15) is 12.4 Å². The number of amides is 1. The van der Waals surface area contributed by atoms with Gasteiger partial charge in [-0.1, -0.05) is 30.3 Å². The summed E-state index contributed by atoms with van der Waals surface area (Å²) in [4.78, 5) is 14.5. The fraction of sp³-hybridized carbons (Fsp3) is 0.250. The fourth-order valence-corrected chi connectivity index (χ4v) is 2.43. The molecule has 0 aliphatic heterocycles. The Morgan fingerprint density at radius 3 is 2.74 bits per heavy atom. The van der Waals surface area contributed by atoms with E-state index in [0.29, 0.717) is 13.0 Å². The maximum absolute atomic E-state index is 12.9. The van der Waals surface area contributed by atoms with E-state index in [0.717, 1.165) is 11.1 Å². The Hall–Kier alpha value is -2.96. The number of nitrogens with zero attached hydrogens (tertiary/aromatic N) is 5. The minimum atomic E-state index is -0.482. The van der Waals surface area contributed by atoms with E-state index in [-0.39, 0.29) is 5.91 Å². The summed E-state index contributed by atoms with van der Waals surface area (Å²) in [6.07, 6.45) is 5.22. The van der Waals surface area contributed by atoms with Crippen molar-refractivity contribution in [3.05, 3.63) is 66.4 Å². The quantitative estimate of drug-likeness (QED) is 0.692. The lowest BCUT2D eigenvalue weighted by Crippen LogP contribution is -2.35. The molecule has 1 atom stereocenters. The minimum absolute atomic E-state index is 0.0534. The van der Waals surface area contributed by atoms with Crippen molar-refractivity contribution in [1.29, 1.82) is 0 Å². The van der Waals surface area contributed by atoms with Crippen molar-refractivity contribution >= 4 is 5.91 Å². The third kappa shape index (κ3) is 3.63. The number of carbonyl (C=O) groups is 1. The van der Waals surface area contributed by atoms with Gasteiger partial charge in [0, 0.05) is 25.6 Å². The molecule has 7 heteroatoms. The SMILES string of the molecule is CN(Cc1ccoc1)C(=O)C(Cc1ccccc1)n1cnnn1. The van der Waals surface area contributed by atoms with Crippen LogP contribution in [-0.2, 0) is 17.8 Å². The highest BCUT2D eigenvalue weighted by atomic mass is 16.3. The molecule has 7 nitrogen and oxygen atoms in total. The molecule has 1 amide bonds. The Balaban J connectivity index is 1.78. The predicted molar refractivity (Wildman–Crippen MR) is 82.2 cm³/mol. The molecule has 0 bridgehead atoms. The molecule has 1 unspecified atom stereocenters. The molecule has 0 saturated heterocycles. The van der Waals surface area contributed by atoms with Crippen molar-refractivity contribution in [3.8, 4) is 0 Å². The van der Waals surface area contributed by atoms with Gasteiger partial charge in [0.2, 0.25) is 5.91 Å². The number of likely N-dealkylation sites (N-methyl/N-ethyl adjacent to an activating group) is 1. The highest BCUT2D eigenvalue weighted by molar-refractivity contribution is 5.80. The van der Waals surface area contributed by atoms with Crippen LogP contribution in [0.4, 0.5) is 0 Å². The van der Waals surface area contributed by atoms with Gasteiger partial charge in [-0.25, -0.2) is 4.68 Å². The van der Waals surface area contributed by atoms with Crippen molar-refractivity contribution in [2.24, 2.45) is 0 Å². The molecular weight excluding hydrogens is 294 g/mol. The summed E-state index contributed by atoms with van der Waals surface area (Å²) in [6, 6.07) is 11.2. The number of benzene rings is 1. The van der Waals surface area contributed by atoms with Crippen LogP contribution in [0.1, 0.15) is 17.2 Å². The lowest BCUT2D eigenvalue weighted by molar-refractivity contribution is -0.134. The van der Waals surface area contributed by atoms with Gasteiger partial charge in [-0.3, -0.25) is 4.79 Å². The average molecular weight is 311 g/mol. The van der Waals surface area contributed by atoms with Crippen LogP contribution < -0.4 is 0 Å². The average Bonchev–Trinajstić information content (AvgIpc) is 3.26. The second kappa shape index (κ2) is 6.87. The summed E-state index contributed by atoms with van der Waals surface area (Å²) in [7, 11) is 1.76. The van der Waals surface area contributed by atoms with Gasteiger partial charge in [0.15, 0.2) is 0 Å². The summed E-state index contributed by atoms with van der Waals surface area (Å²) < 4.78 is 6.55. The topological polar surface area (TPSA) is 77.0 Å². The van der Waals surface area contributed by atoms with E-state index in [4.69, 9.17) is 4.42 Å². The van der Waals surface area contributed by atoms with Crippen molar-refractivity contribution in [1.82, 2.24) is 25.1 Å². The molecular formula is C16H17N5O2. The maximum Gasteiger partial charge on any atom is 0.247 e. The molecule has 3 rings (SSSR count). The van der Waals surface area contributed by atoms with E-state index >= 15 is 0 Å². The summed E-state index contributed by atoms with van der Waals surface area (Å²) >= 11 is 0. The number of aromatic nitrogens is 4. The Kier molecular flexibility index (Phi) is 4.46. The molecule has 23 heavy (non-hydrogen) atoms. The van der Waals surface area contributed by atoms with Crippen LogP contribution in [0.15, 0.2) is 59.7 Å². The van der Waals surface area contributed by atoms with E-state index in [1.165, 1.54) is 11.0 Å². The number of carbonyl (C=O) groups excluding carboxylic acids is 1. The van der Waals surface area contributed by atoms with Crippen LogP contribution in [0, 0.1) is 0 Å². The maximum atomic E-state index is 12.9. The summed E-state index contributed by atoms with van der Waals surface area (Å²) in [6.45, 7) is 0.475. The second-order valence-electron chi connectivity index (χ2n) is 5.32. The van der Waals surface area contributed by atoms with Crippen molar-refractivity contribution in [3.63, 3.8) is 0 Å². The number of hydrogen-bond acceptors (Lipinski definition) is 5. The van der Waals surface area contributed by atoms with Crippen LogP contribution in [0.25, 0.3) is 0 Å². The molecule has 118 valence electrons. The molecule has 0 saturated carbocycles. The zero-order valence-corrected chi connectivity index (χ0v) is 12.7. The number of hydrogen-bond donors (Lipinski definition) is 0. The Morgan fingerprint density at radius 1 is 1.26 bits per heavy atom. The summed E-state index contributed by atoms with van der Waals surface area (Å²) in [5.41, 5.74) is 1.99. The van der Waals surface area contributed by atoms with Crippen LogP contribution in [0.3, 0.4) is 0 Å². The highest BCUT2D eigenvalue weighted by Crippen LogP contribution is 2.17. The van der Waals surface area contributed by atoms with Crippen molar-refractivity contribution < 1.29 is 9.21 Å². The number of rotatable bonds is 6. The van der Waals surface area contributed by atoms with Crippen molar-refractivity contribution in [2.45, 2.75) is 19.0 Å². The summed E-state index contributed by atoms with van der Waals surface area (Å²) in [5.74, 6) is -0.0534. The first-order valence-corrected chi connectivity index (χ1v) is 7.26. The Labute approximate surface area is 133 Å². The zero-order valence-electron chi connectivity index (χ0n) is 12.7. The van der Waals surface area contributed by atoms with Gasteiger partial charge >= 0.3 is 0 Å². The van der Waals surface area contributed by atoms with E-state index < -0.39 is 6.04 Å². The normalized spacial score (nSPS) is 12.0. The van der Waals surface area contributed by atoms with Crippen LogP contribution in [0.2, 0.25) is 0 Å². The second-order valence-corrected chi connectivity index (χ2v) is 5.32. The van der Waals surface area contributed by atoms with Crippen LogP contribution >= 0.6 is 0 Å². The molecule has 0 N–H and O–H groups in total. The third-order valence-corrected chi connectivity index (χ3v) is 3.62. The van der Waals surface area contributed by atoms with E-state index in [1.807, 2.05) is 36.4 Å². The van der Waals surface area contributed by atoms with Gasteiger partial charge in [0.05, 0.1) is 12.5 Å². The molecule has 2 aromatic heterocycles. The van der Waals surface area contributed by atoms with E-state index in [1.54, 1.807) is 24.5 Å². The van der Waals surface area contributed by atoms with Crippen molar-refractivity contribution in [2.75, 3.05) is 7.05 Å². The molecule has 1 aromatic carbocycles. The lowest BCUT2D eigenvalue weighted by Gasteiger charge is -2.23. The molecule has 2 heterocycles. The molecule has 0 aliphatic carbocycles. The smallest absolute Gasteiger partial charge is 0.247 e. The highest BCUT2D eigenvalue weighted by Gasteiger charge is 2.25. The Bertz CT molecular complexity index is 725. The predicted octanol–water partition coefficient (Wildman–Crippen LogP) is 1.71. The number of furan rings is 1. The number of tetrazole rings is 1. The molecule has 0 radical (unpaired) electrons. The third-order valence-electron chi connectivity index (χ3n) is 3.62.